The Balaban J connectivity index is 1.67. The first-order chi connectivity index (χ1) is 8.38. The van der Waals surface area contributed by atoms with Crippen molar-refractivity contribution in [3.05, 3.63) is 11.6 Å². The van der Waals surface area contributed by atoms with Gasteiger partial charge in [0.05, 0.1) is 0 Å². The van der Waals surface area contributed by atoms with Gasteiger partial charge in [-0.2, -0.15) is 0 Å². The number of hydrogen-bond acceptors (Lipinski definition) is 1. The summed E-state index contributed by atoms with van der Waals surface area (Å²) in [4.78, 5) is 0. The van der Waals surface area contributed by atoms with E-state index in [2.05, 4.69) is 18.3 Å². The Morgan fingerprint density at radius 1 is 1.18 bits per heavy atom. The van der Waals surface area contributed by atoms with Gasteiger partial charge in [-0.1, -0.05) is 25.0 Å². The van der Waals surface area contributed by atoms with Gasteiger partial charge in [0.1, 0.15) is 0 Å². The molecule has 3 rings (SSSR count). The van der Waals surface area contributed by atoms with Crippen molar-refractivity contribution in [3.63, 3.8) is 0 Å². The molecule has 2 fully saturated rings. The van der Waals surface area contributed by atoms with Crippen LogP contribution >= 0.6 is 0 Å². The maximum atomic E-state index is 3.79. The SMILES string of the molecule is CCNC(C1=CCCCCC1)C1CC2CC2C1. The maximum absolute atomic E-state index is 3.79. The fraction of sp³-hybridized carbons (Fsp3) is 0.875. The first kappa shape index (κ1) is 11.8. The van der Waals surface area contributed by atoms with Crippen molar-refractivity contribution in [2.45, 2.75) is 64.3 Å². The van der Waals surface area contributed by atoms with Gasteiger partial charge in [0.25, 0.3) is 0 Å². The molecular weight excluding hydrogens is 206 g/mol. The average molecular weight is 233 g/mol. The van der Waals surface area contributed by atoms with E-state index in [1.54, 1.807) is 12.0 Å². The number of likely N-dealkylation sites (N-methyl/N-ethyl adjacent to an activating group) is 1. The van der Waals surface area contributed by atoms with Crippen LogP contribution in [0.15, 0.2) is 11.6 Å². The molecule has 0 saturated heterocycles. The average Bonchev–Trinajstić information content (AvgIpc) is 3.04. The molecule has 3 unspecified atom stereocenters. The molecule has 17 heavy (non-hydrogen) atoms. The quantitative estimate of drug-likeness (QED) is 0.726. The Morgan fingerprint density at radius 3 is 2.76 bits per heavy atom. The molecule has 0 aromatic carbocycles. The van der Waals surface area contributed by atoms with Gasteiger partial charge in [0, 0.05) is 6.04 Å². The Morgan fingerprint density at radius 2 is 2.00 bits per heavy atom. The van der Waals surface area contributed by atoms with Crippen LogP contribution in [0.1, 0.15) is 58.3 Å². The van der Waals surface area contributed by atoms with E-state index in [0.29, 0.717) is 0 Å². The fourth-order valence-electron chi connectivity index (χ4n) is 4.18. The summed E-state index contributed by atoms with van der Waals surface area (Å²) in [5.74, 6) is 3.20. The lowest BCUT2D eigenvalue weighted by atomic mass is 9.87. The summed E-state index contributed by atoms with van der Waals surface area (Å²) in [6.45, 7) is 3.40. The summed E-state index contributed by atoms with van der Waals surface area (Å²) < 4.78 is 0. The second kappa shape index (κ2) is 5.14. The topological polar surface area (TPSA) is 12.0 Å². The lowest BCUT2D eigenvalue weighted by Gasteiger charge is -2.28. The number of allylic oxidation sites excluding steroid dienone is 1. The summed E-state index contributed by atoms with van der Waals surface area (Å²) in [7, 11) is 0. The first-order valence-corrected chi connectivity index (χ1v) is 7.80. The molecule has 0 amide bonds. The van der Waals surface area contributed by atoms with E-state index in [-0.39, 0.29) is 0 Å². The monoisotopic (exact) mass is 233 g/mol. The van der Waals surface area contributed by atoms with Crippen molar-refractivity contribution in [2.24, 2.45) is 17.8 Å². The molecule has 0 bridgehead atoms. The maximum Gasteiger partial charge on any atom is 0.0307 e. The van der Waals surface area contributed by atoms with Gasteiger partial charge >= 0.3 is 0 Å². The molecule has 2 saturated carbocycles. The molecule has 1 heteroatoms. The van der Waals surface area contributed by atoms with E-state index >= 15 is 0 Å². The smallest absolute Gasteiger partial charge is 0.0307 e. The molecule has 0 heterocycles. The van der Waals surface area contributed by atoms with Crippen LogP contribution in [0, 0.1) is 17.8 Å². The van der Waals surface area contributed by atoms with Crippen LogP contribution in [0.3, 0.4) is 0 Å². The fourth-order valence-corrected chi connectivity index (χ4v) is 4.18. The van der Waals surface area contributed by atoms with Crippen molar-refractivity contribution in [1.29, 1.82) is 0 Å². The molecule has 0 aliphatic heterocycles. The largest absolute Gasteiger partial charge is 0.310 e. The van der Waals surface area contributed by atoms with Gasteiger partial charge in [-0.15, -0.1) is 0 Å². The van der Waals surface area contributed by atoms with Crippen LogP contribution < -0.4 is 5.32 Å². The van der Waals surface area contributed by atoms with E-state index in [9.17, 15) is 0 Å². The van der Waals surface area contributed by atoms with Crippen molar-refractivity contribution in [1.82, 2.24) is 5.32 Å². The molecule has 1 nitrogen and oxygen atoms in total. The minimum Gasteiger partial charge on any atom is -0.310 e. The lowest BCUT2D eigenvalue weighted by molar-refractivity contribution is 0.367. The molecule has 3 atom stereocenters. The van der Waals surface area contributed by atoms with Crippen LogP contribution in [0.5, 0.6) is 0 Å². The number of rotatable bonds is 4. The number of hydrogen-bond donors (Lipinski definition) is 1. The molecule has 3 aliphatic rings. The summed E-state index contributed by atoms with van der Waals surface area (Å²) in [5, 5.41) is 3.79. The number of nitrogens with one attached hydrogen (secondary N) is 1. The van der Waals surface area contributed by atoms with Gasteiger partial charge in [0.2, 0.25) is 0 Å². The van der Waals surface area contributed by atoms with Gasteiger partial charge < -0.3 is 5.32 Å². The zero-order chi connectivity index (χ0) is 11.7. The third kappa shape index (κ3) is 2.59. The summed E-state index contributed by atoms with van der Waals surface area (Å²) in [6, 6.07) is 0.728. The van der Waals surface area contributed by atoms with Gasteiger partial charge in [0.15, 0.2) is 0 Å². The van der Waals surface area contributed by atoms with Crippen LogP contribution in [0.2, 0.25) is 0 Å². The third-order valence-corrected chi connectivity index (χ3v) is 5.15. The van der Waals surface area contributed by atoms with Gasteiger partial charge in [-0.05, 0) is 69.2 Å². The van der Waals surface area contributed by atoms with E-state index in [1.165, 1.54) is 44.9 Å². The zero-order valence-electron chi connectivity index (χ0n) is 11.3. The lowest BCUT2D eigenvalue weighted by Crippen LogP contribution is -2.37. The zero-order valence-corrected chi connectivity index (χ0v) is 11.3. The first-order valence-electron chi connectivity index (χ1n) is 7.80. The van der Waals surface area contributed by atoms with Crippen LogP contribution in [-0.2, 0) is 0 Å². The Bertz CT molecular complexity index is 284. The third-order valence-electron chi connectivity index (χ3n) is 5.15. The summed E-state index contributed by atoms with van der Waals surface area (Å²) in [5.41, 5.74) is 1.76. The van der Waals surface area contributed by atoms with Gasteiger partial charge in [-0.25, -0.2) is 0 Å². The molecular formula is C16H27N. The molecule has 0 aromatic heterocycles. The summed E-state index contributed by atoms with van der Waals surface area (Å²) in [6.07, 6.45) is 14.1. The molecule has 0 spiro atoms. The van der Waals surface area contributed by atoms with E-state index < -0.39 is 0 Å². The van der Waals surface area contributed by atoms with Crippen molar-refractivity contribution in [2.75, 3.05) is 6.54 Å². The minimum atomic E-state index is 0.728. The van der Waals surface area contributed by atoms with Crippen LogP contribution in [-0.4, -0.2) is 12.6 Å². The van der Waals surface area contributed by atoms with Gasteiger partial charge in [-0.3, -0.25) is 0 Å². The highest BCUT2D eigenvalue weighted by molar-refractivity contribution is 5.16. The van der Waals surface area contributed by atoms with E-state index in [4.69, 9.17) is 0 Å². The number of fused-ring (bicyclic) bond motifs is 1. The Hall–Kier alpha value is -0.300. The summed E-state index contributed by atoms with van der Waals surface area (Å²) >= 11 is 0. The highest BCUT2D eigenvalue weighted by Gasteiger charge is 2.48. The molecule has 3 aliphatic carbocycles. The second-order valence-electron chi connectivity index (χ2n) is 6.40. The molecule has 0 aromatic rings. The Kier molecular flexibility index (Phi) is 3.56. The minimum absolute atomic E-state index is 0.728. The van der Waals surface area contributed by atoms with E-state index in [0.717, 1.165) is 30.3 Å². The van der Waals surface area contributed by atoms with Crippen molar-refractivity contribution >= 4 is 0 Å². The molecule has 96 valence electrons. The van der Waals surface area contributed by atoms with Crippen LogP contribution in [0.25, 0.3) is 0 Å². The highest BCUT2D eigenvalue weighted by Crippen LogP contribution is 2.55. The Labute approximate surface area is 106 Å². The van der Waals surface area contributed by atoms with Crippen molar-refractivity contribution < 1.29 is 0 Å². The predicted octanol–water partition coefficient (Wildman–Crippen LogP) is 3.90. The second-order valence-corrected chi connectivity index (χ2v) is 6.40. The normalized spacial score (nSPS) is 38.2. The van der Waals surface area contributed by atoms with Crippen molar-refractivity contribution in [3.8, 4) is 0 Å². The molecule has 0 radical (unpaired) electrons. The highest BCUT2D eigenvalue weighted by atomic mass is 14.9. The van der Waals surface area contributed by atoms with E-state index in [1.807, 2.05) is 0 Å². The molecule has 1 N–H and O–H groups in total. The standard InChI is InChI=1S/C16H27N/c1-2-17-16(12-7-5-3-4-6-8-12)15-10-13-9-14(13)11-15/h7,13-17H,2-6,8-11H2,1H3. The van der Waals surface area contributed by atoms with Crippen LogP contribution in [0.4, 0.5) is 0 Å². The predicted molar refractivity (Wildman–Crippen MR) is 73.0 cm³/mol.